The van der Waals surface area contributed by atoms with Crippen LogP contribution in [0.15, 0.2) is 24.3 Å². The first-order valence-corrected chi connectivity index (χ1v) is 6.58. The lowest BCUT2D eigenvalue weighted by atomic mass is 10.1. The molecule has 1 aliphatic rings. The normalized spacial score (nSPS) is 15.9. The van der Waals surface area contributed by atoms with Crippen LogP contribution in [-0.2, 0) is 13.0 Å². The number of nitrogens with zero attached hydrogens (tertiary/aromatic N) is 3. The quantitative estimate of drug-likeness (QED) is 0.853. The van der Waals surface area contributed by atoms with Crippen molar-refractivity contribution in [3.63, 3.8) is 0 Å². The first-order chi connectivity index (χ1) is 9.24. The molecule has 0 saturated carbocycles. The van der Waals surface area contributed by atoms with Crippen molar-refractivity contribution in [2.75, 3.05) is 0 Å². The molecule has 2 aromatic rings. The molecule has 0 amide bonds. The minimum absolute atomic E-state index is 0.190. The van der Waals surface area contributed by atoms with Gasteiger partial charge >= 0.3 is 0 Å². The van der Waals surface area contributed by atoms with E-state index in [0.29, 0.717) is 5.75 Å². The highest BCUT2D eigenvalue weighted by atomic mass is 19.1. The van der Waals surface area contributed by atoms with Crippen LogP contribution < -0.4 is 4.74 Å². The van der Waals surface area contributed by atoms with Gasteiger partial charge in [0.25, 0.3) is 0 Å². The van der Waals surface area contributed by atoms with E-state index in [-0.39, 0.29) is 11.9 Å². The second-order valence-corrected chi connectivity index (χ2v) is 4.80. The van der Waals surface area contributed by atoms with E-state index in [2.05, 4.69) is 14.8 Å². The van der Waals surface area contributed by atoms with Gasteiger partial charge in [-0.15, -0.1) is 10.2 Å². The first-order valence-electron chi connectivity index (χ1n) is 6.58. The Balaban J connectivity index is 1.78. The first kappa shape index (κ1) is 12.1. The molecule has 3 rings (SSSR count). The molecule has 1 unspecified atom stereocenters. The van der Waals surface area contributed by atoms with Crippen LogP contribution in [0.2, 0.25) is 0 Å². The Labute approximate surface area is 111 Å². The zero-order chi connectivity index (χ0) is 13.2. The van der Waals surface area contributed by atoms with Crippen molar-refractivity contribution < 1.29 is 9.13 Å². The zero-order valence-electron chi connectivity index (χ0n) is 10.8. The lowest BCUT2D eigenvalue weighted by Gasteiger charge is -2.18. The van der Waals surface area contributed by atoms with Crippen LogP contribution in [0.25, 0.3) is 0 Å². The van der Waals surface area contributed by atoms with Gasteiger partial charge in [0.2, 0.25) is 0 Å². The van der Waals surface area contributed by atoms with Gasteiger partial charge in [0.15, 0.2) is 11.9 Å². The molecule has 1 aromatic carbocycles. The summed E-state index contributed by atoms with van der Waals surface area (Å²) in [5, 5.41) is 8.43. The second-order valence-electron chi connectivity index (χ2n) is 4.80. The van der Waals surface area contributed by atoms with Crippen molar-refractivity contribution in [1.82, 2.24) is 14.8 Å². The van der Waals surface area contributed by atoms with E-state index >= 15 is 0 Å². The van der Waals surface area contributed by atoms with Crippen molar-refractivity contribution in [1.29, 1.82) is 0 Å². The van der Waals surface area contributed by atoms with E-state index in [1.807, 2.05) is 6.92 Å². The van der Waals surface area contributed by atoms with Crippen molar-refractivity contribution in [2.24, 2.45) is 0 Å². The summed E-state index contributed by atoms with van der Waals surface area (Å²) in [5.74, 6) is 2.26. The van der Waals surface area contributed by atoms with Gasteiger partial charge in [-0.1, -0.05) is 0 Å². The van der Waals surface area contributed by atoms with Crippen molar-refractivity contribution >= 4 is 0 Å². The molecule has 1 atom stereocenters. The molecule has 0 fully saturated rings. The van der Waals surface area contributed by atoms with Crippen LogP contribution in [0.4, 0.5) is 4.39 Å². The Morgan fingerprint density at radius 1 is 1.21 bits per heavy atom. The largest absolute Gasteiger partial charge is 0.483 e. The maximum absolute atomic E-state index is 12.8. The molecule has 5 heteroatoms. The topological polar surface area (TPSA) is 39.9 Å². The molecular formula is C14H16FN3O. The Morgan fingerprint density at radius 2 is 2.00 bits per heavy atom. The van der Waals surface area contributed by atoms with Crippen molar-refractivity contribution in [2.45, 2.75) is 38.8 Å². The molecule has 0 radical (unpaired) electrons. The summed E-state index contributed by atoms with van der Waals surface area (Å²) in [6.45, 7) is 2.89. The average Bonchev–Trinajstić information content (AvgIpc) is 2.85. The average molecular weight is 261 g/mol. The third-order valence-electron chi connectivity index (χ3n) is 3.38. The molecule has 0 bridgehead atoms. The molecule has 2 heterocycles. The standard InChI is InChI=1S/C14H16FN3O/c1-10(19-12-7-5-11(15)6-8-12)14-17-16-13-4-2-3-9-18(13)14/h5-8,10H,2-4,9H2,1H3. The summed E-state index contributed by atoms with van der Waals surface area (Å²) in [5.41, 5.74) is 0. The van der Waals surface area contributed by atoms with E-state index in [9.17, 15) is 4.39 Å². The lowest BCUT2D eigenvalue weighted by molar-refractivity contribution is 0.208. The smallest absolute Gasteiger partial charge is 0.173 e. The van der Waals surface area contributed by atoms with Crippen LogP contribution >= 0.6 is 0 Å². The van der Waals surface area contributed by atoms with Gasteiger partial charge in [0.1, 0.15) is 17.4 Å². The molecule has 0 aliphatic carbocycles. The lowest BCUT2D eigenvalue weighted by Crippen LogP contribution is -2.17. The maximum atomic E-state index is 12.8. The number of fused-ring (bicyclic) bond motifs is 1. The number of hydrogen-bond acceptors (Lipinski definition) is 3. The predicted octanol–water partition coefficient (Wildman–Crippen LogP) is 2.89. The third kappa shape index (κ3) is 2.45. The predicted molar refractivity (Wildman–Crippen MR) is 68.4 cm³/mol. The fraction of sp³-hybridized carbons (Fsp3) is 0.429. The van der Waals surface area contributed by atoms with Crippen molar-refractivity contribution in [3.8, 4) is 5.75 Å². The fourth-order valence-electron chi connectivity index (χ4n) is 2.40. The summed E-state index contributed by atoms with van der Waals surface area (Å²) < 4.78 is 20.8. The SMILES string of the molecule is CC(Oc1ccc(F)cc1)c1nnc2n1CCCC2. The van der Waals surface area contributed by atoms with Crippen LogP contribution in [0.5, 0.6) is 5.75 Å². The summed E-state index contributed by atoms with van der Waals surface area (Å²) >= 11 is 0. The van der Waals surface area contributed by atoms with E-state index in [1.54, 1.807) is 12.1 Å². The fourth-order valence-corrected chi connectivity index (χ4v) is 2.40. The van der Waals surface area contributed by atoms with Crippen LogP contribution in [0.1, 0.15) is 37.5 Å². The number of hydrogen-bond donors (Lipinski definition) is 0. The monoisotopic (exact) mass is 261 g/mol. The number of benzene rings is 1. The van der Waals surface area contributed by atoms with Crippen LogP contribution in [0.3, 0.4) is 0 Å². The van der Waals surface area contributed by atoms with Gasteiger partial charge in [-0.2, -0.15) is 0 Å². The highest BCUT2D eigenvalue weighted by Gasteiger charge is 2.21. The van der Waals surface area contributed by atoms with Gasteiger partial charge in [0.05, 0.1) is 0 Å². The molecule has 1 aliphatic heterocycles. The Bertz CT molecular complexity index is 565. The summed E-state index contributed by atoms with van der Waals surface area (Å²) in [6, 6.07) is 6.03. The zero-order valence-corrected chi connectivity index (χ0v) is 10.8. The molecular weight excluding hydrogens is 245 g/mol. The minimum atomic E-state index is -0.264. The molecule has 19 heavy (non-hydrogen) atoms. The summed E-state index contributed by atoms with van der Waals surface area (Å²) in [6.07, 6.45) is 3.12. The van der Waals surface area contributed by atoms with Gasteiger partial charge in [-0.25, -0.2) is 4.39 Å². The van der Waals surface area contributed by atoms with Gasteiger partial charge in [-0.3, -0.25) is 0 Å². The molecule has 100 valence electrons. The molecule has 0 spiro atoms. The molecule has 0 saturated heterocycles. The van der Waals surface area contributed by atoms with Gasteiger partial charge in [-0.05, 0) is 44.0 Å². The number of rotatable bonds is 3. The molecule has 4 nitrogen and oxygen atoms in total. The Kier molecular flexibility index (Phi) is 3.19. The van der Waals surface area contributed by atoms with Gasteiger partial charge in [0, 0.05) is 13.0 Å². The van der Waals surface area contributed by atoms with E-state index in [0.717, 1.165) is 31.0 Å². The van der Waals surface area contributed by atoms with Crippen LogP contribution in [0, 0.1) is 5.82 Å². The van der Waals surface area contributed by atoms with E-state index in [4.69, 9.17) is 4.74 Å². The second kappa shape index (κ2) is 4.99. The number of halogens is 1. The Hall–Kier alpha value is -1.91. The molecule has 0 N–H and O–H groups in total. The number of ether oxygens (including phenoxy) is 1. The number of aryl methyl sites for hydroxylation is 1. The van der Waals surface area contributed by atoms with Gasteiger partial charge < -0.3 is 9.30 Å². The maximum Gasteiger partial charge on any atom is 0.173 e. The highest BCUT2D eigenvalue weighted by molar-refractivity contribution is 5.22. The van der Waals surface area contributed by atoms with Crippen LogP contribution in [-0.4, -0.2) is 14.8 Å². The Morgan fingerprint density at radius 3 is 2.79 bits per heavy atom. The van der Waals surface area contributed by atoms with E-state index in [1.165, 1.54) is 18.6 Å². The molecule has 1 aromatic heterocycles. The number of aromatic nitrogens is 3. The third-order valence-corrected chi connectivity index (χ3v) is 3.38. The minimum Gasteiger partial charge on any atom is -0.483 e. The van der Waals surface area contributed by atoms with E-state index < -0.39 is 0 Å². The summed E-state index contributed by atoms with van der Waals surface area (Å²) in [4.78, 5) is 0. The summed E-state index contributed by atoms with van der Waals surface area (Å²) in [7, 11) is 0. The van der Waals surface area contributed by atoms with Crippen molar-refractivity contribution in [3.05, 3.63) is 41.7 Å². The highest BCUT2D eigenvalue weighted by Crippen LogP contribution is 2.23.